The highest BCUT2D eigenvalue weighted by molar-refractivity contribution is 6.31. The Morgan fingerprint density at radius 2 is 1.65 bits per heavy atom. The first-order valence-electron chi connectivity index (χ1n) is 5.52. The predicted molar refractivity (Wildman–Crippen MR) is 67.4 cm³/mol. The van der Waals surface area contributed by atoms with Crippen LogP contribution in [0.25, 0.3) is 11.1 Å². The maximum atomic E-state index is 13.1. The lowest BCUT2D eigenvalue weighted by Crippen LogP contribution is -1.99. The molecule has 0 radical (unpaired) electrons. The van der Waals surface area contributed by atoms with E-state index in [1.807, 2.05) is 0 Å². The van der Waals surface area contributed by atoms with Gasteiger partial charge in [0.05, 0.1) is 5.02 Å². The quantitative estimate of drug-likeness (QED) is 0.809. The molecule has 1 heterocycles. The van der Waals surface area contributed by atoms with Crippen LogP contribution in [0.2, 0.25) is 5.02 Å². The maximum absolute atomic E-state index is 13.1. The number of benzene rings is 2. The van der Waals surface area contributed by atoms with Gasteiger partial charge in [-0.15, -0.1) is 0 Å². The van der Waals surface area contributed by atoms with Crippen LogP contribution < -0.4 is 5.32 Å². The first kappa shape index (κ1) is 10.8. The molecule has 0 atom stereocenters. The molecule has 3 rings (SSSR count). The minimum Gasteiger partial charge on any atom is -0.309 e. The lowest BCUT2D eigenvalue weighted by molar-refractivity contribution is 0.628. The van der Waals surface area contributed by atoms with Crippen LogP contribution in [0, 0.1) is 5.82 Å². The Kier molecular flexibility index (Phi) is 2.61. The normalized spacial score (nSPS) is 13.8. The molecule has 0 aromatic heterocycles. The van der Waals surface area contributed by atoms with Crippen LogP contribution in [0.1, 0.15) is 11.1 Å². The topological polar surface area (TPSA) is 12.0 Å². The van der Waals surface area contributed by atoms with E-state index in [9.17, 15) is 4.39 Å². The second-order valence-electron chi connectivity index (χ2n) is 4.22. The van der Waals surface area contributed by atoms with Crippen LogP contribution in [-0.4, -0.2) is 0 Å². The van der Waals surface area contributed by atoms with Crippen molar-refractivity contribution in [1.82, 2.24) is 5.32 Å². The van der Waals surface area contributed by atoms with Gasteiger partial charge in [-0.05, 0) is 40.5 Å². The molecule has 17 heavy (non-hydrogen) atoms. The zero-order chi connectivity index (χ0) is 11.8. The molecule has 0 saturated heterocycles. The Hall–Kier alpha value is -1.38. The van der Waals surface area contributed by atoms with Crippen LogP contribution in [0.3, 0.4) is 0 Å². The van der Waals surface area contributed by atoms with Gasteiger partial charge >= 0.3 is 0 Å². The molecule has 1 aliphatic heterocycles. The molecule has 0 aliphatic carbocycles. The highest BCUT2D eigenvalue weighted by atomic mass is 35.5. The van der Waals surface area contributed by atoms with Crippen molar-refractivity contribution in [1.29, 1.82) is 0 Å². The fourth-order valence-corrected chi connectivity index (χ4v) is 2.33. The van der Waals surface area contributed by atoms with E-state index in [0.717, 1.165) is 24.2 Å². The van der Waals surface area contributed by atoms with E-state index in [0.29, 0.717) is 0 Å². The number of hydrogen-bond donors (Lipinski definition) is 1. The van der Waals surface area contributed by atoms with E-state index >= 15 is 0 Å². The number of hydrogen-bond acceptors (Lipinski definition) is 1. The van der Waals surface area contributed by atoms with Gasteiger partial charge in [0.2, 0.25) is 0 Å². The Bertz CT molecular complexity index is 580. The lowest BCUT2D eigenvalue weighted by atomic mass is 10.0. The van der Waals surface area contributed by atoms with E-state index in [2.05, 4.69) is 23.5 Å². The molecule has 2 aromatic rings. The minimum absolute atomic E-state index is 0.168. The van der Waals surface area contributed by atoms with Gasteiger partial charge in [0.15, 0.2) is 0 Å². The van der Waals surface area contributed by atoms with Crippen molar-refractivity contribution in [2.75, 3.05) is 0 Å². The molecule has 0 fully saturated rings. The molecule has 1 N–H and O–H groups in total. The Morgan fingerprint density at radius 3 is 2.47 bits per heavy atom. The van der Waals surface area contributed by atoms with Gasteiger partial charge in [-0.1, -0.05) is 29.8 Å². The molecule has 0 spiro atoms. The zero-order valence-corrected chi connectivity index (χ0v) is 9.89. The second kappa shape index (κ2) is 4.13. The highest BCUT2D eigenvalue weighted by Gasteiger charge is 2.11. The van der Waals surface area contributed by atoms with Crippen LogP contribution in [0.5, 0.6) is 0 Å². The summed E-state index contributed by atoms with van der Waals surface area (Å²) in [6.45, 7) is 1.83. The number of rotatable bonds is 1. The molecule has 1 nitrogen and oxygen atoms in total. The van der Waals surface area contributed by atoms with Crippen molar-refractivity contribution in [3.63, 3.8) is 0 Å². The molecular weight excluding hydrogens is 237 g/mol. The van der Waals surface area contributed by atoms with E-state index in [1.54, 1.807) is 12.1 Å². The van der Waals surface area contributed by atoms with Gasteiger partial charge in [-0.25, -0.2) is 4.39 Å². The summed E-state index contributed by atoms with van der Waals surface area (Å²) in [6, 6.07) is 11.1. The largest absolute Gasteiger partial charge is 0.309 e. The van der Waals surface area contributed by atoms with E-state index in [4.69, 9.17) is 11.6 Å². The lowest BCUT2D eigenvalue weighted by Gasteiger charge is -2.05. The Labute approximate surface area is 104 Å². The van der Waals surface area contributed by atoms with Gasteiger partial charge in [0.1, 0.15) is 5.82 Å². The molecule has 0 amide bonds. The third-order valence-corrected chi connectivity index (χ3v) is 3.38. The maximum Gasteiger partial charge on any atom is 0.141 e. The smallest absolute Gasteiger partial charge is 0.141 e. The molecular formula is C14H11ClFN. The number of halogens is 2. The summed E-state index contributed by atoms with van der Waals surface area (Å²) in [5, 5.41) is 3.47. The van der Waals surface area contributed by atoms with Crippen molar-refractivity contribution in [2.24, 2.45) is 0 Å². The van der Waals surface area contributed by atoms with Crippen molar-refractivity contribution in [3.05, 3.63) is 58.4 Å². The fourth-order valence-electron chi connectivity index (χ4n) is 2.15. The summed E-state index contributed by atoms with van der Waals surface area (Å²) >= 11 is 5.79. The Balaban J connectivity index is 2.06. The van der Waals surface area contributed by atoms with Gasteiger partial charge < -0.3 is 5.32 Å². The zero-order valence-electron chi connectivity index (χ0n) is 9.13. The summed E-state index contributed by atoms with van der Waals surface area (Å²) < 4.78 is 13.1. The van der Waals surface area contributed by atoms with Crippen molar-refractivity contribution in [3.8, 4) is 11.1 Å². The summed E-state index contributed by atoms with van der Waals surface area (Å²) in [4.78, 5) is 0. The summed E-state index contributed by atoms with van der Waals surface area (Å²) in [5.41, 5.74) is 4.67. The number of fused-ring (bicyclic) bond motifs is 1. The van der Waals surface area contributed by atoms with E-state index in [-0.39, 0.29) is 10.8 Å². The van der Waals surface area contributed by atoms with Gasteiger partial charge in [-0.3, -0.25) is 0 Å². The van der Waals surface area contributed by atoms with Gasteiger partial charge in [0, 0.05) is 13.1 Å². The highest BCUT2D eigenvalue weighted by Crippen LogP contribution is 2.27. The first-order chi connectivity index (χ1) is 8.24. The molecule has 0 saturated carbocycles. The van der Waals surface area contributed by atoms with Crippen LogP contribution in [0.15, 0.2) is 36.4 Å². The van der Waals surface area contributed by atoms with E-state index < -0.39 is 0 Å². The monoisotopic (exact) mass is 247 g/mol. The van der Waals surface area contributed by atoms with E-state index in [1.165, 1.54) is 17.2 Å². The van der Waals surface area contributed by atoms with Gasteiger partial charge in [-0.2, -0.15) is 0 Å². The molecule has 0 unspecified atom stereocenters. The third kappa shape index (κ3) is 1.94. The molecule has 86 valence electrons. The van der Waals surface area contributed by atoms with Crippen LogP contribution in [0.4, 0.5) is 4.39 Å². The second-order valence-corrected chi connectivity index (χ2v) is 4.62. The third-order valence-electron chi connectivity index (χ3n) is 3.09. The molecule has 2 aromatic carbocycles. The predicted octanol–water partition coefficient (Wildman–Crippen LogP) is 3.75. The standard InChI is InChI=1S/C14H11ClFN/c15-13-6-10(3-4-14(13)16)9-1-2-11-7-17-8-12(11)5-9/h1-6,17H,7-8H2. The Morgan fingerprint density at radius 1 is 0.941 bits per heavy atom. The molecule has 0 bridgehead atoms. The average Bonchev–Trinajstić information content (AvgIpc) is 2.79. The van der Waals surface area contributed by atoms with Crippen LogP contribution >= 0.6 is 11.6 Å². The van der Waals surface area contributed by atoms with Gasteiger partial charge in [0.25, 0.3) is 0 Å². The van der Waals surface area contributed by atoms with Crippen molar-refractivity contribution < 1.29 is 4.39 Å². The molecule has 3 heteroatoms. The summed E-state index contributed by atoms with van der Waals surface area (Å²) in [6.07, 6.45) is 0. The first-order valence-corrected chi connectivity index (χ1v) is 5.90. The van der Waals surface area contributed by atoms with Crippen LogP contribution in [-0.2, 0) is 13.1 Å². The SMILES string of the molecule is Fc1ccc(-c2ccc3c(c2)CNC3)cc1Cl. The summed E-state index contributed by atoms with van der Waals surface area (Å²) in [7, 11) is 0. The minimum atomic E-state index is -0.377. The number of nitrogens with one attached hydrogen (secondary N) is 1. The summed E-state index contributed by atoms with van der Waals surface area (Å²) in [5.74, 6) is -0.377. The van der Waals surface area contributed by atoms with Crippen molar-refractivity contribution >= 4 is 11.6 Å². The van der Waals surface area contributed by atoms with Crippen molar-refractivity contribution in [2.45, 2.75) is 13.1 Å². The average molecular weight is 248 g/mol. The fraction of sp³-hybridized carbons (Fsp3) is 0.143. The molecule has 1 aliphatic rings.